The van der Waals surface area contributed by atoms with Crippen LogP contribution in [0.25, 0.3) is 0 Å². The van der Waals surface area contributed by atoms with Gasteiger partial charge in [-0.15, -0.1) is 0 Å². The minimum atomic E-state index is 0.873. The fraction of sp³-hybridized carbons (Fsp3) is 0.900. The predicted molar refractivity (Wildman–Crippen MR) is 102 cm³/mol. The summed E-state index contributed by atoms with van der Waals surface area (Å²) < 4.78 is 0. The number of hydrogen-bond acceptors (Lipinski definition) is 0. The van der Waals surface area contributed by atoms with Crippen molar-refractivity contribution in [1.82, 2.24) is 0 Å². The van der Waals surface area contributed by atoms with Gasteiger partial charge in [0.15, 0.2) is 0 Å². The lowest BCUT2D eigenvalue weighted by Gasteiger charge is -2.14. The zero-order valence-corrected chi connectivity index (χ0v) is 16.8. The van der Waals surface area contributed by atoms with Crippen molar-refractivity contribution in [3.05, 3.63) is 11.6 Å². The summed E-state index contributed by atoms with van der Waals surface area (Å²) in [5.41, 5.74) is 1.54. The van der Waals surface area contributed by atoms with Crippen LogP contribution in [0.4, 0.5) is 0 Å². The highest BCUT2D eigenvalue weighted by molar-refractivity contribution is 9.09. The van der Waals surface area contributed by atoms with Crippen molar-refractivity contribution in [3.63, 3.8) is 0 Å². The molecule has 2 unspecified atom stereocenters. The molecule has 1 heteroatoms. The molecule has 0 aliphatic carbocycles. The molecule has 2 atom stereocenters. The van der Waals surface area contributed by atoms with Crippen LogP contribution in [0.2, 0.25) is 0 Å². The lowest BCUT2D eigenvalue weighted by Crippen LogP contribution is -2.00. The standard InChI is InChI=1S/C20H39Br/c1-17(2)9-6-10-18(3)11-7-12-19(4)13-8-14-20(5)15-16-21/h14,17-19H,6-13,15-16H2,1-5H3. The first-order valence-corrected chi connectivity index (χ1v) is 10.3. The second kappa shape index (κ2) is 13.9. The molecule has 0 N–H and O–H groups in total. The number of halogens is 1. The molecule has 0 radical (unpaired) electrons. The first-order chi connectivity index (χ1) is 9.95. The van der Waals surface area contributed by atoms with Gasteiger partial charge in [-0.3, -0.25) is 0 Å². The van der Waals surface area contributed by atoms with E-state index in [-0.39, 0.29) is 0 Å². The van der Waals surface area contributed by atoms with Crippen LogP contribution in [-0.4, -0.2) is 5.33 Å². The molecule has 21 heavy (non-hydrogen) atoms. The molecular formula is C20H39Br. The summed E-state index contributed by atoms with van der Waals surface area (Å²) in [5, 5.41) is 1.10. The highest BCUT2D eigenvalue weighted by Gasteiger charge is 2.06. The van der Waals surface area contributed by atoms with Crippen molar-refractivity contribution in [2.45, 2.75) is 92.4 Å². The average Bonchev–Trinajstić information content (AvgIpc) is 2.38. The lowest BCUT2D eigenvalue weighted by atomic mass is 9.92. The van der Waals surface area contributed by atoms with E-state index >= 15 is 0 Å². The third-order valence-corrected chi connectivity index (χ3v) is 4.91. The van der Waals surface area contributed by atoms with Gasteiger partial charge in [0.05, 0.1) is 0 Å². The van der Waals surface area contributed by atoms with Gasteiger partial charge in [-0.25, -0.2) is 0 Å². The Morgan fingerprint density at radius 3 is 1.90 bits per heavy atom. The van der Waals surface area contributed by atoms with E-state index < -0.39 is 0 Å². The summed E-state index contributed by atoms with van der Waals surface area (Å²) in [6.07, 6.45) is 14.8. The number of alkyl halides is 1. The summed E-state index contributed by atoms with van der Waals surface area (Å²) in [7, 11) is 0. The van der Waals surface area contributed by atoms with Gasteiger partial charge >= 0.3 is 0 Å². The van der Waals surface area contributed by atoms with Crippen LogP contribution >= 0.6 is 15.9 Å². The Kier molecular flexibility index (Phi) is 14.0. The Labute approximate surface area is 143 Å². The summed E-state index contributed by atoms with van der Waals surface area (Å²) in [6.45, 7) is 11.8. The first kappa shape index (κ1) is 21.2. The van der Waals surface area contributed by atoms with E-state index in [9.17, 15) is 0 Å². The van der Waals surface area contributed by atoms with Gasteiger partial charge in [-0.05, 0) is 43.9 Å². The fourth-order valence-corrected chi connectivity index (χ4v) is 3.47. The van der Waals surface area contributed by atoms with Gasteiger partial charge in [0, 0.05) is 5.33 Å². The van der Waals surface area contributed by atoms with E-state index in [1.165, 1.54) is 63.4 Å². The summed E-state index contributed by atoms with van der Waals surface area (Å²) in [5.74, 6) is 2.69. The maximum absolute atomic E-state index is 3.50. The van der Waals surface area contributed by atoms with Crippen molar-refractivity contribution in [2.24, 2.45) is 17.8 Å². The van der Waals surface area contributed by atoms with Crippen LogP contribution in [0.5, 0.6) is 0 Å². The minimum absolute atomic E-state index is 0.873. The molecule has 0 fully saturated rings. The second-order valence-electron chi connectivity index (χ2n) is 7.53. The summed E-state index contributed by atoms with van der Waals surface area (Å²) in [6, 6.07) is 0. The third-order valence-electron chi connectivity index (χ3n) is 4.51. The van der Waals surface area contributed by atoms with Gasteiger partial charge in [-0.2, -0.15) is 0 Å². The summed E-state index contributed by atoms with van der Waals surface area (Å²) >= 11 is 3.50. The molecule has 0 aromatic heterocycles. The van der Waals surface area contributed by atoms with Crippen molar-refractivity contribution in [3.8, 4) is 0 Å². The Morgan fingerprint density at radius 2 is 1.38 bits per heavy atom. The molecule has 0 saturated carbocycles. The SMILES string of the molecule is CC(=CCCC(C)CCCC(C)CCCC(C)C)CCBr. The van der Waals surface area contributed by atoms with Gasteiger partial charge < -0.3 is 0 Å². The smallest absolute Gasteiger partial charge is 0.00684 e. The van der Waals surface area contributed by atoms with E-state index in [0.29, 0.717) is 0 Å². The van der Waals surface area contributed by atoms with E-state index in [4.69, 9.17) is 0 Å². The van der Waals surface area contributed by atoms with Crippen LogP contribution < -0.4 is 0 Å². The van der Waals surface area contributed by atoms with E-state index in [0.717, 1.165) is 23.1 Å². The highest BCUT2D eigenvalue weighted by Crippen LogP contribution is 2.21. The Morgan fingerprint density at radius 1 is 0.857 bits per heavy atom. The second-order valence-corrected chi connectivity index (χ2v) is 8.33. The molecule has 0 aromatic carbocycles. The average molecular weight is 359 g/mol. The fourth-order valence-electron chi connectivity index (χ4n) is 2.84. The van der Waals surface area contributed by atoms with Crippen LogP contribution in [-0.2, 0) is 0 Å². The molecule has 0 saturated heterocycles. The van der Waals surface area contributed by atoms with Gasteiger partial charge in [0.2, 0.25) is 0 Å². The first-order valence-electron chi connectivity index (χ1n) is 9.17. The molecule has 0 rings (SSSR count). The molecule has 0 bridgehead atoms. The van der Waals surface area contributed by atoms with Gasteiger partial charge in [-0.1, -0.05) is 93.8 Å². The third kappa shape index (κ3) is 14.9. The molecule has 0 amide bonds. The van der Waals surface area contributed by atoms with Crippen molar-refractivity contribution in [1.29, 1.82) is 0 Å². The Bertz CT molecular complexity index is 255. The van der Waals surface area contributed by atoms with Crippen LogP contribution in [0.15, 0.2) is 11.6 Å². The predicted octanol–water partition coefficient (Wildman–Crippen LogP) is 7.77. The maximum atomic E-state index is 3.50. The van der Waals surface area contributed by atoms with Crippen LogP contribution in [0.3, 0.4) is 0 Å². The molecule has 0 heterocycles. The van der Waals surface area contributed by atoms with Crippen LogP contribution in [0, 0.1) is 17.8 Å². The maximum Gasteiger partial charge on any atom is 0.00684 e. The highest BCUT2D eigenvalue weighted by atomic mass is 79.9. The van der Waals surface area contributed by atoms with Crippen LogP contribution in [0.1, 0.15) is 92.4 Å². The lowest BCUT2D eigenvalue weighted by molar-refractivity contribution is 0.393. The quantitative estimate of drug-likeness (QED) is 0.233. The molecule has 0 aromatic rings. The molecule has 0 aliphatic rings. The molecule has 126 valence electrons. The summed E-state index contributed by atoms with van der Waals surface area (Å²) in [4.78, 5) is 0. The van der Waals surface area contributed by atoms with Gasteiger partial charge in [0.1, 0.15) is 0 Å². The normalized spacial score (nSPS) is 15.5. The number of allylic oxidation sites excluding steroid dienone is 2. The van der Waals surface area contributed by atoms with Crippen molar-refractivity contribution >= 4 is 15.9 Å². The Balaban J connectivity index is 3.56. The van der Waals surface area contributed by atoms with Gasteiger partial charge in [0.25, 0.3) is 0 Å². The Hall–Kier alpha value is 0.220. The topological polar surface area (TPSA) is 0 Å². The minimum Gasteiger partial charge on any atom is -0.0925 e. The van der Waals surface area contributed by atoms with E-state index in [2.05, 4.69) is 56.6 Å². The van der Waals surface area contributed by atoms with Crippen molar-refractivity contribution in [2.75, 3.05) is 5.33 Å². The monoisotopic (exact) mass is 358 g/mol. The number of hydrogen-bond donors (Lipinski definition) is 0. The van der Waals surface area contributed by atoms with E-state index in [1.54, 1.807) is 0 Å². The number of rotatable bonds is 13. The zero-order chi connectivity index (χ0) is 16.1. The molecule has 0 nitrogen and oxygen atoms in total. The van der Waals surface area contributed by atoms with Crippen molar-refractivity contribution < 1.29 is 0 Å². The molecular weight excluding hydrogens is 320 g/mol. The zero-order valence-electron chi connectivity index (χ0n) is 15.3. The molecule has 0 aliphatic heterocycles. The largest absolute Gasteiger partial charge is 0.0925 e. The molecule has 0 spiro atoms. The van der Waals surface area contributed by atoms with E-state index in [1.807, 2.05) is 0 Å².